The number of anilines is 1. The Morgan fingerprint density at radius 2 is 1.70 bits per heavy atom. The number of carbonyl (C=O) groups is 4. The van der Waals surface area contributed by atoms with E-state index in [9.17, 15) is 32.9 Å². The first-order valence-electron chi connectivity index (χ1n) is 13.9. The number of aryl methyl sites for hydroxylation is 1. The molecular weight excluding hydrogens is 596 g/mol. The minimum Gasteiger partial charge on any atom is -0.481 e. The molecule has 1 fully saturated rings. The van der Waals surface area contributed by atoms with Crippen LogP contribution in [0.5, 0.6) is 0 Å². The van der Waals surface area contributed by atoms with E-state index in [0.717, 1.165) is 12.5 Å². The van der Waals surface area contributed by atoms with Gasteiger partial charge in [-0.05, 0) is 69.8 Å². The van der Waals surface area contributed by atoms with Crippen molar-refractivity contribution in [3.63, 3.8) is 0 Å². The third-order valence-electron chi connectivity index (χ3n) is 6.55. The van der Waals surface area contributed by atoms with E-state index in [4.69, 9.17) is 15.6 Å². The Balaban J connectivity index is 0.00000159. The molecule has 2 aromatic carbocycles. The van der Waals surface area contributed by atoms with Gasteiger partial charge in [0.05, 0.1) is 16.4 Å². The van der Waals surface area contributed by atoms with Crippen LogP contribution in [0.3, 0.4) is 0 Å². The summed E-state index contributed by atoms with van der Waals surface area (Å²) in [6, 6.07) is 9.69. The molecule has 0 saturated carbocycles. The number of non-ortho nitro benzene ring substituents is 1. The van der Waals surface area contributed by atoms with Crippen LogP contribution in [-0.4, -0.2) is 78.8 Å². The van der Waals surface area contributed by atoms with Gasteiger partial charge in [0.1, 0.15) is 12.1 Å². The predicted octanol–water partition coefficient (Wildman–Crippen LogP) is 1.52. The van der Waals surface area contributed by atoms with Gasteiger partial charge in [-0.25, -0.2) is 13.1 Å². The van der Waals surface area contributed by atoms with Crippen LogP contribution in [0.2, 0.25) is 0 Å². The molecule has 16 heteroatoms. The number of unbranched alkanes of at least 4 members (excludes halogenated alkanes) is 1. The van der Waals surface area contributed by atoms with Crippen molar-refractivity contribution in [1.82, 2.24) is 14.9 Å². The molecule has 3 rings (SSSR count). The van der Waals surface area contributed by atoms with Crippen LogP contribution in [0.4, 0.5) is 11.4 Å². The summed E-state index contributed by atoms with van der Waals surface area (Å²) in [5, 5.41) is 23.7. The smallest absolute Gasteiger partial charge is 0.300 e. The molecule has 0 unspecified atom stereocenters. The number of hydrogen-bond acceptors (Lipinski definition) is 9. The molecule has 2 atom stereocenters. The van der Waals surface area contributed by atoms with Gasteiger partial charge in [0.25, 0.3) is 11.7 Å². The lowest BCUT2D eigenvalue weighted by Crippen LogP contribution is -2.53. The Morgan fingerprint density at radius 3 is 2.27 bits per heavy atom. The number of nitro benzene ring substituents is 1. The Kier molecular flexibility index (Phi) is 13.8. The highest BCUT2D eigenvalue weighted by molar-refractivity contribution is 7.89. The first-order valence-corrected chi connectivity index (χ1v) is 15.3. The number of likely N-dealkylation sites (tertiary alicyclic amines) is 1. The molecule has 1 aliphatic rings. The number of hydrogen-bond donors (Lipinski definition) is 5. The maximum absolute atomic E-state index is 13.2. The van der Waals surface area contributed by atoms with E-state index in [1.54, 1.807) is 12.1 Å². The highest BCUT2D eigenvalue weighted by atomic mass is 32.2. The van der Waals surface area contributed by atoms with Crippen LogP contribution in [0, 0.1) is 17.0 Å². The molecule has 1 heterocycles. The van der Waals surface area contributed by atoms with Gasteiger partial charge < -0.3 is 26.4 Å². The Bertz CT molecular complexity index is 1410. The number of nitrogens with two attached hydrogens (primary N) is 1. The number of nitrogens with zero attached hydrogens (tertiary/aromatic N) is 2. The third kappa shape index (κ3) is 11.3. The van der Waals surface area contributed by atoms with Crippen molar-refractivity contribution in [3.05, 3.63) is 64.2 Å². The zero-order chi connectivity index (χ0) is 32.9. The van der Waals surface area contributed by atoms with Gasteiger partial charge in [-0.15, -0.1) is 0 Å². The predicted molar refractivity (Wildman–Crippen MR) is 161 cm³/mol. The monoisotopic (exact) mass is 634 g/mol. The summed E-state index contributed by atoms with van der Waals surface area (Å²) in [5.41, 5.74) is 6.66. The van der Waals surface area contributed by atoms with E-state index < -0.39 is 57.3 Å². The fourth-order valence-electron chi connectivity index (χ4n) is 4.32. The summed E-state index contributed by atoms with van der Waals surface area (Å²) in [5.74, 6) is -2.42. The van der Waals surface area contributed by atoms with Crippen LogP contribution >= 0.6 is 0 Å². The standard InChI is InChI=1S/C26H34N6O7S.C2H4O2/c1-18-7-13-21(14-8-18)40(38,39)28-17-24(33)31-16-4-6-23(31)26(35)30-22(5-2-3-15-27)25(34)29-19-9-11-20(12-10-19)32(36)37;1-2(3)4/h7-14,22-23,28H,2-6,15-17,27H2,1H3,(H,29,34)(H,30,35);1H3,(H,3,4)/t22-,23-;/m0./s1. The second-order valence-corrected chi connectivity index (χ2v) is 11.8. The largest absolute Gasteiger partial charge is 0.481 e. The number of carboxylic acid groups (broad SMARTS) is 1. The molecule has 1 saturated heterocycles. The molecule has 3 amide bonds. The number of nitro groups is 1. The maximum Gasteiger partial charge on any atom is 0.300 e. The molecule has 240 valence electrons. The zero-order valence-corrected chi connectivity index (χ0v) is 25.3. The van der Waals surface area contributed by atoms with Crippen molar-refractivity contribution in [2.45, 2.75) is 62.9 Å². The topological polar surface area (TPSA) is 231 Å². The van der Waals surface area contributed by atoms with Gasteiger partial charge in [-0.3, -0.25) is 29.3 Å². The van der Waals surface area contributed by atoms with Crippen molar-refractivity contribution >= 4 is 45.1 Å². The molecule has 0 radical (unpaired) electrons. The molecule has 6 N–H and O–H groups in total. The summed E-state index contributed by atoms with van der Waals surface area (Å²) >= 11 is 0. The third-order valence-corrected chi connectivity index (χ3v) is 7.96. The molecule has 0 bridgehead atoms. The van der Waals surface area contributed by atoms with Gasteiger partial charge in [0.2, 0.25) is 27.7 Å². The minimum absolute atomic E-state index is 0.0287. The normalized spacial score (nSPS) is 15.0. The molecular formula is C28H38N6O9S. The lowest BCUT2D eigenvalue weighted by atomic mass is 10.1. The van der Waals surface area contributed by atoms with Gasteiger partial charge in [-0.1, -0.05) is 17.7 Å². The second kappa shape index (κ2) is 17.0. The van der Waals surface area contributed by atoms with Gasteiger partial charge in [0, 0.05) is 31.3 Å². The quantitative estimate of drug-likeness (QED) is 0.121. The molecule has 2 aromatic rings. The number of aliphatic carboxylic acids is 1. The number of nitrogens with one attached hydrogen (secondary N) is 3. The highest BCUT2D eigenvalue weighted by Crippen LogP contribution is 2.20. The van der Waals surface area contributed by atoms with Crippen LogP contribution in [0.1, 0.15) is 44.6 Å². The van der Waals surface area contributed by atoms with Gasteiger partial charge in [0.15, 0.2) is 0 Å². The lowest BCUT2D eigenvalue weighted by molar-refractivity contribution is -0.384. The van der Waals surface area contributed by atoms with Crippen LogP contribution in [-0.2, 0) is 29.2 Å². The Hall–Kier alpha value is -4.41. The number of carbonyl (C=O) groups excluding carboxylic acids is 3. The number of amides is 3. The number of benzene rings is 2. The molecule has 15 nitrogen and oxygen atoms in total. The van der Waals surface area contributed by atoms with Crippen LogP contribution < -0.4 is 21.1 Å². The van der Waals surface area contributed by atoms with Crippen molar-refractivity contribution in [2.75, 3.05) is 25.0 Å². The van der Waals surface area contributed by atoms with Crippen molar-refractivity contribution in [2.24, 2.45) is 5.73 Å². The first kappa shape index (κ1) is 35.8. The summed E-state index contributed by atoms with van der Waals surface area (Å²) in [7, 11) is -3.92. The summed E-state index contributed by atoms with van der Waals surface area (Å²) in [6.45, 7) is 3.08. The van der Waals surface area contributed by atoms with Crippen LogP contribution in [0.15, 0.2) is 53.4 Å². The zero-order valence-electron chi connectivity index (χ0n) is 24.5. The van der Waals surface area contributed by atoms with E-state index in [-0.39, 0.29) is 17.1 Å². The van der Waals surface area contributed by atoms with E-state index >= 15 is 0 Å². The van der Waals surface area contributed by atoms with E-state index in [0.29, 0.717) is 44.3 Å². The molecule has 0 spiro atoms. The first-order chi connectivity index (χ1) is 20.7. The van der Waals surface area contributed by atoms with Crippen molar-refractivity contribution in [3.8, 4) is 0 Å². The van der Waals surface area contributed by atoms with E-state index in [2.05, 4.69) is 15.4 Å². The summed E-state index contributed by atoms with van der Waals surface area (Å²) < 4.78 is 27.4. The average molecular weight is 635 g/mol. The second-order valence-electron chi connectivity index (χ2n) is 10.0. The number of sulfonamides is 1. The number of rotatable bonds is 13. The molecule has 44 heavy (non-hydrogen) atoms. The average Bonchev–Trinajstić information content (AvgIpc) is 3.46. The highest BCUT2D eigenvalue weighted by Gasteiger charge is 2.36. The van der Waals surface area contributed by atoms with Gasteiger partial charge in [-0.2, -0.15) is 0 Å². The van der Waals surface area contributed by atoms with Crippen molar-refractivity contribution < 1.29 is 37.6 Å². The molecule has 0 aromatic heterocycles. The number of carboxylic acids is 1. The van der Waals surface area contributed by atoms with E-state index in [1.165, 1.54) is 41.3 Å². The molecule has 1 aliphatic heterocycles. The van der Waals surface area contributed by atoms with E-state index in [1.807, 2.05) is 6.92 Å². The fraction of sp³-hybridized carbons (Fsp3) is 0.429. The maximum atomic E-state index is 13.2. The summed E-state index contributed by atoms with van der Waals surface area (Å²) in [6.07, 6.45) is 2.39. The Labute approximate surface area is 255 Å². The Morgan fingerprint density at radius 1 is 1.09 bits per heavy atom. The SMILES string of the molecule is CC(=O)O.Cc1ccc(S(=O)(=O)NCC(=O)N2CCC[C@H]2C(=O)N[C@@H](CCCCN)C(=O)Nc2ccc([N+](=O)[O-])cc2)cc1. The summed E-state index contributed by atoms with van der Waals surface area (Å²) in [4.78, 5) is 59.8. The van der Waals surface area contributed by atoms with Gasteiger partial charge >= 0.3 is 0 Å². The minimum atomic E-state index is -3.92. The lowest BCUT2D eigenvalue weighted by Gasteiger charge is -2.26. The molecule has 0 aliphatic carbocycles. The van der Waals surface area contributed by atoms with Crippen LogP contribution in [0.25, 0.3) is 0 Å². The van der Waals surface area contributed by atoms with Crippen molar-refractivity contribution in [1.29, 1.82) is 0 Å². The fourth-order valence-corrected chi connectivity index (χ4v) is 5.30.